The third-order valence-electron chi connectivity index (χ3n) is 4.25. The van der Waals surface area contributed by atoms with E-state index in [-0.39, 0.29) is 11.8 Å². The second-order valence-electron chi connectivity index (χ2n) is 6.13. The van der Waals surface area contributed by atoms with Crippen LogP contribution in [0.1, 0.15) is 40.5 Å². The molecule has 3 rings (SSSR count). The number of methoxy groups -OCH3 is 1. The molecule has 0 spiro atoms. The van der Waals surface area contributed by atoms with E-state index in [9.17, 15) is 9.59 Å². The summed E-state index contributed by atoms with van der Waals surface area (Å²) in [5, 5.41) is 11.9. The molecule has 0 bridgehead atoms. The molecule has 1 N–H and O–H groups in total. The lowest BCUT2D eigenvalue weighted by Crippen LogP contribution is -2.27. The lowest BCUT2D eigenvalue weighted by molar-refractivity contribution is -0.130. The number of carbonyl (C=O) groups is 2. The quantitative estimate of drug-likeness (QED) is 0.805. The predicted molar refractivity (Wildman–Crippen MR) is 99.6 cm³/mol. The summed E-state index contributed by atoms with van der Waals surface area (Å²) in [6.45, 7) is 1.76. The van der Waals surface area contributed by atoms with Crippen molar-refractivity contribution >= 4 is 28.8 Å². The summed E-state index contributed by atoms with van der Waals surface area (Å²) < 4.78 is 5.09. The van der Waals surface area contributed by atoms with Gasteiger partial charge in [0.1, 0.15) is 10.8 Å². The smallest absolute Gasteiger partial charge is 0.286 e. The molecule has 8 heteroatoms. The fourth-order valence-electron chi connectivity index (χ4n) is 2.82. The van der Waals surface area contributed by atoms with E-state index in [1.165, 1.54) is 11.3 Å². The summed E-state index contributed by atoms with van der Waals surface area (Å²) in [6.07, 6.45) is 4.12. The summed E-state index contributed by atoms with van der Waals surface area (Å²) in [4.78, 5) is 26.2. The third kappa shape index (κ3) is 4.78. The standard InChI is InChI=1S/C18H22N4O3S/c1-25-14-9-7-13(8-10-14)19-17(24)18-21-20-15(26-18)5-4-6-16(23)22-11-2-3-12-22/h7-10H,2-6,11-12H2,1H3,(H,19,24). The second-order valence-corrected chi connectivity index (χ2v) is 7.19. The second kappa shape index (κ2) is 8.75. The number of ether oxygens (including phenoxy) is 1. The van der Waals surface area contributed by atoms with Gasteiger partial charge in [0, 0.05) is 31.6 Å². The average Bonchev–Trinajstić information content (AvgIpc) is 3.34. The largest absolute Gasteiger partial charge is 0.497 e. The van der Waals surface area contributed by atoms with Crippen molar-refractivity contribution in [2.75, 3.05) is 25.5 Å². The van der Waals surface area contributed by atoms with Crippen molar-refractivity contribution in [3.05, 3.63) is 34.3 Å². The van der Waals surface area contributed by atoms with E-state index in [1.54, 1.807) is 31.4 Å². The van der Waals surface area contributed by atoms with Gasteiger partial charge < -0.3 is 15.0 Å². The third-order valence-corrected chi connectivity index (χ3v) is 5.23. The van der Waals surface area contributed by atoms with E-state index in [0.29, 0.717) is 23.5 Å². The number of nitrogens with zero attached hydrogens (tertiary/aromatic N) is 3. The Labute approximate surface area is 156 Å². The zero-order chi connectivity index (χ0) is 18.4. The number of benzene rings is 1. The Balaban J connectivity index is 1.47. The van der Waals surface area contributed by atoms with Crippen molar-refractivity contribution < 1.29 is 14.3 Å². The van der Waals surface area contributed by atoms with E-state index < -0.39 is 0 Å². The molecule has 1 fully saturated rings. The highest BCUT2D eigenvalue weighted by atomic mass is 32.1. The molecule has 0 saturated carbocycles. The number of anilines is 1. The highest BCUT2D eigenvalue weighted by Crippen LogP contribution is 2.18. The monoisotopic (exact) mass is 374 g/mol. The fraction of sp³-hybridized carbons (Fsp3) is 0.444. The van der Waals surface area contributed by atoms with E-state index in [2.05, 4.69) is 15.5 Å². The number of rotatable bonds is 7. The van der Waals surface area contributed by atoms with Crippen LogP contribution in [0.2, 0.25) is 0 Å². The Bertz CT molecular complexity index is 754. The number of aromatic nitrogens is 2. The molecule has 1 saturated heterocycles. The molecule has 0 unspecified atom stereocenters. The predicted octanol–water partition coefficient (Wildman–Crippen LogP) is 2.74. The summed E-state index contributed by atoms with van der Waals surface area (Å²) >= 11 is 1.27. The number of hydrogen-bond acceptors (Lipinski definition) is 6. The van der Waals surface area contributed by atoms with Gasteiger partial charge in [-0.1, -0.05) is 11.3 Å². The molecular formula is C18H22N4O3S. The maximum Gasteiger partial charge on any atom is 0.286 e. The first-order valence-electron chi connectivity index (χ1n) is 8.71. The summed E-state index contributed by atoms with van der Waals surface area (Å²) in [6, 6.07) is 7.09. The van der Waals surface area contributed by atoms with E-state index in [0.717, 1.165) is 43.1 Å². The molecule has 1 aliphatic heterocycles. The molecule has 0 aliphatic carbocycles. The minimum Gasteiger partial charge on any atom is -0.497 e. The zero-order valence-electron chi connectivity index (χ0n) is 14.7. The first kappa shape index (κ1) is 18.3. The van der Waals surface area contributed by atoms with Gasteiger partial charge >= 0.3 is 0 Å². The molecule has 7 nitrogen and oxygen atoms in total. The Morgan fingerprint density at radius 3 is 2.62 bits per heavy atom. The number of hydrogen-bond donors (Lipinski definition) is 1. The summed E-state index contributed by atoms with van der Waals surface area (Å²) in [7, 11) is 1.59. The van der Waals surface area contributed by atoms with Crippen LogP contribution < -0.4 is 10.1 Å². The van der Waals surface area contributed by atoms with Crippen LogP contribution in [0, 0.1) is 0 Å². The fourth-order valence-corrected chi connectivity index (χ4v) is 3.60. The van der Waals surface area contributed by atoms with Crippen LogP contribution in [0.25, 0.3) is 0 Å². The van der Waals surface area contributed by atoms with Gasteiger partial charge in [-0.2, -0.15) is 0 Å². The lowest BCUT2D eigenvalue weighted by Gasteiger charge is -2.14. The maximum absolute atomic E-state index is 12.2. The van der Waals surface area contributed by atoms with Crippen LogP contribution in [0.3, 0.4) is 0 Å². The van der Waals surface area contributed by atoms with Gasteiger partial charge in [0.15, 0.2) is 0 Å². The van der Waals surface area contributed by atoms with E-state index >= 15 is 0 Å². The van der Waals surface area contributed by atoms with Gasteiger partial charge in [-0.25, -0.2) is 0 Å². The number of aryl methyl sites for hydroxylation is 1. The average molecular weight is 374 g/mol. The van der Waals surface area contributed by atoms with Crippen LogP contribution in [0.4, 0.5) is 5.69 Å². The molecule has 1 aliphatic rings. The van der Waals surface area contributed by atoms with Crippen molar-refractivity contribution in [1.82, 2.24) is 15.1 Å². The van der Waals surface area contributed by atoms with Gasteiger partial charge in [-0.05, 0) is 43.5 Å². The van der Waals surface area contributed by atoms with Gasteiger partial charge in [0.05, 0.1) is 7.11 Å². The highest BCUT2D eigenvalue weighted by molar-refractivity contribution is 7.13. The number of carbonyl (C=O) groups excluding carboxylic acids is 2. The Morgan fingerprint density at radius 1 is 1.19 bits per heavy atom. The van der Waals surface area contributed by atoms with Crippen LogP contribution >= 0.6 is 11.3 Å². The van der Waals surface area contributed by atoms with Crippen LogP contribution in [0.15, 0.2) is 24.3 Å². The maximum atomic E-state index is 12.2. The molecule has 1 aromatic carbocycles. The molecule has 2 heterocycles. The Hall–Kier alpha value is -2.48. The summed E-state index contributed by atoms with van der Waals surface area (Å²) in [5.74, 6) is 0.654. The summed E-state index contributed by atoms with van der Waals surface area (Å²) in [5.41, 5.74) is 0.670. The normalized spacial score (nSPS) is 13.7. The molecule has 0 atom stereocenters. The Morgan fingerprint density at radius 2 is 1.92 bits per heavy atom. The highest BCUT2D eigenvalue weighted by Gasteiger charge is 2.18. The van der Waals surface area contributed by atoms with E-state index in [4.69, 9.17) is 4.74 Å². The number of likely N-dealkylation sites (tertiary alicyclic amines) is 1. The molecule has 0 radical (unpaired) electrons. The van der Waals surface area contributed by atoms with Gasteiger partial charge in [0.2, 0.25) is 10.9 Å². The van der Waals surface area contributed by atoms with Crippen LogP contribution in [-0.4, -0.2) is 47.1 Å². The Kier molecular flexibility index (Phi) is 6.17. The van der Waals surface area contributed by atoms with Crippen molar-refractivity contribution in [1.29, 1.82) is 0 Å². The minimum absolute atomic E-state index is 0.212. The van der Waals surface area contributed by atoms with Crippen molar-refractivity contribution in [2.45, 2.75) is 32.1 Å². The zero-order valence-corrected chi connectivity index (χ0v) is 15.6. The SMILES string of the molecule is COc1ccc(NC(=O)c2nnc(CCCC(=O)N3CCCC3)s2)cc1. The van der Waals surface area contributed by atoms with Gasteiger partial charge in [-0.3, -0.25) is 9.59 Å². The lowest BCUT2D eigenvalue weighted by atomic mass is 10.2. The topological polar surface area (TPSA) is 84.4 Å². The molecule has 2 amide bonds. The van der Waals surface area contributed by atoms with E-state index in [1.807, 2.05) is 4.90 Å². The molecule has 26 heavy (non-hydrogen) atoms. The van der Waals surface area contributed by atoms with Crippen molar-refractivity contribution in [3.63, 3.8) is 0 Å². The number of nitrogens with one attached hydrogen (secondary N) is 1. The first-order valence-corrected chi connectivity index (χ1v) is 9.53. The van der Waals surface area contributed by atoms with Crippen LogP contribution in [-0.2, 0) is 11.2 Å². The molecular weight excluding hydrogens is 352 g/mol. The van der Waals surface area contributed by atoms with Crippen molar-refractivity contribution in [2.24, 2.45) is 0 Å². The molecule has 1 aromatic heterocycles. The van der Waals surface area contributed by atoms with Gasteiger partial charge in [-0.15, -0.1) is 10.2 Å². The van der Waals surface area contributed by atoms with Gasteiger partial charge in [0.25, 0.3) is 5.91 Å². The van der Waals surface area contributed by atoms with Crippen LogP contribution in [0.5, 0.6) is 5.75 Å². The molecule has 138 valence electrons. The molecule has 2 aromatic rings. The number of amides is 2. The minimum atomic E-state index is -0.285. The first-order chi connectivity index (χ1) is 12.7. The van der Waals surface area contributed by atoms with Crippen molar-refractivity contribution in [3.8, 4) is 5.75 Å².